The molecule has 2 unspecified atom stereocenters. The van der Waals surface area contributed by atoms with Crippen molar-refractivity contribution in [1.29, 1.82) is 0 Å². The van der Waals surface area contributed by atoms with Gasteiger partial charge in [-0.25, -0.2) is 4.79 Å². The molecule has 0 fully saturated rings. The molecule has 2 atom stereocenters. The van der Waals surface area contributed by atoms with E-state index in [0.717, 1.165) is 24.8 Å². The van der Waals surface area contributed by atoms with Crippen molar-refractivity contribution < 1.29 is 24.7 Å². The van der Waals surface area contributed by atoms with Gasteiger partial charge in [-0.05, 0) is 69.7 Å². The molecule has 1 rings (SSSR count). The number of nitrogens with zero attached hydrogens (tertiary/aromatic N) is 2. The summed E-state index contributed by atoms with van der Waals surface area (Å²) in [6, 6.07) is 5.48. The average Bonchev–Trinajstić information content (AvgIpc) is 2.75. The maximum absolute atomic E-state index is 12.5. The number of hydrazone groups is 1. The Balaban J connectivity index is 2.49. The van der Waals surface area contributed by atoms with Crippen LogP contribution < -0.4 is 21.9 Å². The number of carbonyl (C=O) groups is 2. The predicted molar refractivity (Wildman–Crippen MR) is 125 cm³/mol. The summed E-state index contributed by atoms with van der Waals surface area (Å²) >= 11 is 0. The molecule has 32 heavy (non-hydrogen) atoms. The molecule has 1 amide bonds. The molecule has 0 aliphatic rings. The van der Waals surface area contributed by atoms with Crippen LogP contribution in [0.25, 0.3) is 0 Å². The highest BCUT2D eigenvalue weighted by Gasteiger charge is 2.24. The van der Waals surface area contributed by atoms with Gasteiger partial charge in [0.15, 0.2) is 0 Å². The molecule has 7 N–H and O–H groups in total. The SMILES string of the molecule is C=NNC(CCCCN)C(=O)NC(CCCCN(C)Cc1ccccc1B(O)O)C(=O)O. The molecule has 0 aliphatic heterocycles. The summed E-state index contributed by atoms with van der Waals surface area (Å²) in [6.45, 7) is 5.09. The first-order valence-electron chi connectivity index (χ1n) is 10.9. The summed E-state index contributed by atoms with van der Waals surface area (Å²) in [5, 5.41) is 34.6. The molecule has 0 bridgehead atoms. The third-order valence-corrected chi connectivity index (χ3v) is 5.18. The fourth-order valence-electron chi connectivity index (χ4n) is 3.42. The normalized spacial score (nSPS) is 12.8. The number of hydrogen-bond acceptors (Lipinski definition) is 8. The zero-order chi connectivity index (χ0) is 23.9. The molecular formula is C21H36BN5O5. The van der Waals surface area contributed by atoms with Crippen LogP contribution in [0.1, 0.15) is 44.1 Å². The van der Waals surface area contributed by atoms with Gasteiger partial charge in [-0.1, -0.05) is 24.3 Å². The molecular weight excluding hydrogens is 413 g/mol. The monoisotopic (exact) mass is 449 g/mol. The first-order chi connectivity index (χ1) is 15.3. The fraction of sp³-hybridized carbons (Fsp3) is 0.571. The van der Waals surface area contributed by atoms with Crippen molar-refractivity contribution in [3.05, 3.63) is 29.8 Å². The standard InChI is InChI=1S/C21H36BN5O5/c1-24-26-18(11-5-7-13-23)20(28)25-19(21(29)30)12-6-8-14-27(2)15-16-9-3-4-10-17(16)22(31)32/h3-4,9-10,18-19,26,31-32H,1,5-8,11-15,23H2,2H3,(H,25,28)(H,29,30). The van der Waals surface area contributed by atoms with E-state index in [2.05, 4.69) is 22.6 Å². The topological polar surface area (TPSA) is 161 Å². The van der Waals surface area contributed by atoms with Gasteiger partial charge in [-0.3, -0.25) is 10.2 Å². The summed E-state index contributed by atoms with van der Waals surface area (Å²) in [5.41, 5.74) is 9.40. The molecule has 178 valence electrons. The lowest BCUT2D eigenvalue weighted by molar-refractivity contribution is -0.142. The van der Waals surface area contributed by atoms with Crippen molar-refractivity contribution >= 4 is 31.2 Å². The van der Waals surface area contributed by atoms with Crippen LogP contribution >= 0.6 is 0 Å². The number of carbonyl (C=O) groups excluding carboxylic acids is 1. The predicted octanol–water partition coefficient (Wildman–Crippen LogP) is -0.759. The van der Waals surface area contributed by atoms with E-state index in [1.807, 2.05) is 24.1 Å². The lowest BCUT2D eigenvalue weighted by Gasteiger charge is -2.21. The lowest BCUT2D eigenvalue weighted by atomic mass is 9.77. The van der Waals surface area contributed by atoms with E-state index in [1.165, 1.54) is 0 Å². The minimum Gasteiger partial charge on any atom is -0.480 e. The molecule has 0 heterocycles. The van der Waals surface area contributed by atoms with Crippen LogP contribution in [0.5, 0.6) is 0 Å². The third kappa shape index (κ3) is 10.2. The summed E-state index contributed by atoms with van der Waals surface area (Å²) in [6.07, 6.45) is 3.61. The molecule has 0 radical (unpaired) electrons. The molecule has 0 spiro atoms. The highest BCUT2D eigenvalue weighted by atomic mass is 16.4. The number of nitrogens with one attached hydrogen (secondary N) is 2. The van der Waals surface area contributed by atoms with E-state index in [4.69, 9.17) is 5.73 Å². The fourth-order valence-corrected chi connectivity index (χ4v) is 3.42. The quantitative estimate of drug-likeness (QED) is 0.0783. The van der Waals surface area contributed by atoms with Crippen molar-refractivity contribution in [3.8, 4) is 0 Å². The molecule has 1 aromatic carbocycles. The highest BCUT2D eigenvalue weighted by Crippen LogP contribution is 2.08. The highest BCUT2D eigenvalue weighted by molar-refractivity contribution is 6.59. The van der Waals surface area contributed by atoms with Crippen LogP contribution in [0.2, 0.25) is 0 Å². The van der Waals surface area contributed by atoms with Crippen LogP contribution in [0.4, 0.5) is 0 Å². The van der Waals surface area contributed by atoms with Crippen molar-refractivity contribution in [2.75, 3.05) is 20.1 Å². The second kappa shape index (κ2) is 15.4. The Labute approximate surface area is 190 Å². The Bertz CT molecular complexity index is 722. The van der Waals surface area contributed by atoms with E-state index in [9.17, 15) is 24.7 Å². The molecule has 10 nitrogen and oxygen atoms in total. The number of carboxylic acid groups (broad SMARTS) is 1. The Morgan fingerprint density at radius 1 is 1.16 bits per heavy atom. The maximum Gasteiger partial charge on any atom is 0.488 e. The Morgan fingerprint density at radius 3 is 2.44 bits per heavy atom. The van der Waals surface area contributed by atoms with Gasteiger partial charge in [0.05, 0.1) is 0 Å². The largest absolute Gasteiger partial charge is 0.488 e. The van der Waals surface area contributed by atoms with Gasteiger partial charge in [-0.15, -0.1) is 0 Å². The lowest BCUT2D eigenvalue weighted by Crippen LogP contribution is -2.49. The minimum absolute atomic E-state index is 0.303. The van der Waals surface area contributed by atoms with E-state index in [-0.39, 0.29) is 0 Å². The molecule has 1 aromatic rings. The zero-order valence-corrected chi connectivity index (χ0v) is 18.7. The number of rotatable bonds is 17. The minimum atomic E-state index is -1.52. The first-order valence-corrected chi connectivity index (χ1v) is 10.9. The van der Waals surface area contributed by atoms with E-state index >= 15 is 0 Å². The number of aliphatic carboxylic acids is 1. The number of carboxylic acids is 1. The van der Waals surface area contributed by atoms with Gasteiger partial charge in [-0.2, -0.15) is 5.10 Å². The maximum atomic E-state index is 12.5. The van der Waals surface area contributed by atoms with Gasteiger partial charge in [0.2, 0.25) is 5.91 Å². The van der Waals surface area contributed by atoms with Crippen LogP contribution in [0.3, 0.4) is 0 Å². The van der Waals surface area contributed by atoms with Gasteiger partial charge >= 0.3 is 13.1 Å². The van der Waals surface area contributed by atoms with Gasteiger partial charge in [0.1, 0.15) is 12.1 Å². The number of benzene rings is 1. The summed E-state index contributed by atoms with van der Waals surface area (Å²) in [5.74, 6) is -1.50. The Hall–Kier alpha value is -2.47. The number of nitrogens with two attached hydrogens (primary N) is 1. The van der Waals surface area contributed by atoms with Crippen molar-refractivity contribution in [1.82, 2.24) is 15.6 Å². The van der Waals surface area contributed by atoms with Crippen molar-refractivity contribution in [3.63, 3.8) is 0 Å². The van der Waals surface area contributed by atoms with Gasteiger partial charge in [0.25, 0.3) is 0 Å². The van der Waals surface area contributed by atoms with E-state index < -0.39 is 31.1 Å². The summed E-state index contributed by atoms with van der Waals surface area (Å²) < 4.78 is 0. The number of unbranched alkanes of at least 4 members (excludes halogenated alkanes) is 2. The molecule has 11 heteroatoms. The van der Waals surface area contributed by atoms with Crippen LogP contribution in [-0.2, 0) is 16.1 Å². The van der Waals surface area contributed by atoms with E-state index in [1.54, 1.807) is 12.1 Å². The molecule has 0 aromatic heterocycles. The van der Waals surface area contributed by atoms with Crippen LogP contribution in [0.15, 0.2) is 29.4 Å². The molecule has 0 saturated heterocycles. The third-order valence-electron chi connectivity index (χ3n) is 5.18. The second-order valence-corrected chi connectivity index (χ2v) is 7.83. The van der Waals surface area contributed by atoms with Crippen molar-refractivity contribution in [2.24, 2.45) is 10.8 Å². The van der Waals surface area contributed by atoms with Gasteiger partial charge < -0.3 is 31.1 Å². The number of amides is 1. The van der Waals surface area contributed by atoms with Crippen molar-refractivity contribution in [2.45, 2.75) is 57.2 Å². The van der Waals surface area contributed by atoms with Crippen LogP contribution in [0, 0.1) is 0 Å². The Morgan fingerprint density at radius 2 is 1.81 bits per heavy atom. The zero-order valence-electron chi connectivity index (χ0n) is 18.7. The second-order valence-electron chi connectivity index (χ2n) is 7.83. The van der Waals surface area contributed by atoms with Gasteiger partial charge in [0, 0.05) is 13.3 Å². The first kappa shape index (κ1) is 27.6. The molecule has 0 aliphatic carbocycles. The summed E-state index contributed by atoms with van der Waals surface area (Å²) in [7, 11) is 0.390. The Kier molecular flexibility index (Phi) is 13.2. The average molecular weight is 449 g/mol. The smallest absolute Gasteiger partial charge is 0.480 e. The summed E-state index contributed by atoms with van der Waals surface area (Å²) in [4.78, 5) is 26.1. The number of hydrogen-bond donors (Lipinski definition) is 6. The van der Waals surface area contributed by atoms with E-state index in [0.29, 0.717) is 44.4 Å². The van der Waals surface area contributed by atoms with Crippen LogP contribution in [-0.4, -0.2) is 78.0 Å². The molecule has 0 saturated carbocycles.